The van der Waals surface area contributed by atoms with Crippen molar-refractivity contribution in [2.45, 2.75) is 39.8 Å². The molecular formula is C6H14N2O. The standard InChI is InChI=1S/C6H14N2O/c1-5(2)7-8(9)6(3)4/h5-6H,1-4H3. The normalized spacial score (nSPS) is 13.3. The predicted octanol–water partition coefficient (Wildman–Crippen LogP) is 1.77. The zero-order valence-electron chi connectivity index (χ0n) is 6.46. The Labute approximate surface area is 56.0 Å². The van der Waals surface area contributed by atoms with Gasteiger partial charge in [-0.3, -0.25) is 0 Å². The molecule has 0 aliphatic heterocycles. The van der Waals surface area contributed by atoms with Gasteiger partial charge in [0.05, 0.1) is 0 Å². The van der Waals surface area contributed by atoms with Gasteiger partial charge in [-0.1, -0.05) is 4.86 Å². The van der Waals surface area contributed by atoms with Gasteiger partial charge < -0.3 is 5.21 Å². The number of rotatable bonds is 2. The highest BCUT2D eigenvalue weighted by Crippen LogP contribution is 1.92. The highest BCUT2D eigenvalue weighted by atomic mass is 16.5. The fourth-order valence-corrected chi connectivity index (χ4v) is 0.361. The van der Waals surface area contributed by atoms with E-state index in [0.29, 0.717) is 0 Å². The summed E-state index contributed by atoms with van der Waals surface area (Å²) in [4.78, 5) is 0.741. The number of nitrogens with zero attached hydrogens (tertiary/aromatic N) is 2. The Bertz CT molecular complexity index is 108. The molecule has 3 heteroatoms. The largest absolute Gasteiger partial charge is 0.600 e. The van der Waals surface area contributed by atoms with Crippen molar-refractivity contribution >= 4 is 0 Å². The topological polar surface area (TPSA) is 38.4 Å². The van der Waals surface area contributed by atoms with E-state index in [1.54, 1.807) is 0 Å². The summed E-state index contributed by atoms with van der Waals surface area (Å²) in [6.45, 7) is 7.40. The van der Waals surface area contributed by atoms with Crippen LogP contribution in [0.2, 0.25) is 0 Å². The lowest BCUT2D eigenvalue weighted by Crippen LogP contribution is -2.13. The van der Waals surface area contributed by atoms with Gasteiger partial charge >= 0.3 is 0 Å². The van der Waals surface area contributed by atoms with Crippen LogP contribution in [-0.2, 0) is 0 Å². The molecule has 0 aromatic heterocycles. The Hall–Kier alpha value is -0.600. The van der Waals surface area contributed by atoms with Crippen LogP contribution in [0.5, 0.6) is 0 Å². The molecule has 0 aliphatic rings. The summed E-state index contributed by atoms with van der Waals surface area (Å²) in [5, 5.41) is 14.5. The lowest BCUT2D eigenvalue weighted by Gasteiger charge is -2.04. The van der Waals surface area contributed by atoms with Gasteiger partial charge in [0.15, 0.2) is 6.04 Å². The molecule has 0 unspecified atom stereocenters. The molecule has 3 nitrogen and oxygen atoms in total. The summed E-state index contributed by atoms with van der Waals surface area (Å²) in [7, 11) is 0. The molecule has 0 aromatic rings. The molecule has 0 aliphatic carbocycles. The molecule has 0 fully saturated rings. The minimum atomic E-state index is -0.0348. The highest BCUT2D eigenvalue weighted by Gasteiger charge is 2.02. The number of hydroxylamine groups is 1. The van der Waals surface area contributed by atoms with E-state index in [1.165, 1.54) is 0 Å². The van der Waals surface area contributed by atoms with Crippen LogP contribution in [0.3, 0.4) is 0 Å². The summed E-state index contributed by atoms with van der Waals surface area (Å²) < 4.78 is 0. The van der Waals surface area contributed by atoms with Crippen LogP contribution in [0.25, 0.3) is 0 Å². The van der Waals surface area contributed by atoms with E-state index in [1.807, 2.05) is 27.7 Å². The molecule has 0 spiro atoms. The second kappa shape index (κ2) is 3.43. The minimum Gasteiger partial charge on any atom is -0.600 e. The molecule has 0 N–H and O–H groups in total. The summed E-state index contributed by atoms with van der Waals surface area (Å²) in [5.41, 5.74) is 0. The lowest BCUT2D eigenvalue weighted by molar-refractivity contribution is -0.563. The van der Waals surface area contributed by atoms with Crippen LogP contribution >= 0.6 is 0 Å². The van der Waals surface area contributed by atoms with E-state index in [9.17, 15) is 5.21 Å². The van der Waals surface area contributed by atoms with Crippen molar-refractivity contribution in [2.75, 3.05) is 0 Å². The summed E-state index contributed by atoms with van der Waals surface area (Å²) in [5.74, 6) is 0. The van der Waals surface area contributed by atoms with Gasteiger partial charge in [0.25, 0.3) is 0 Å². The maximum Gasteiger partial charge on any atom is 0.184 e. The molecule has 0 saturated carbocycles. The zero-order chi connectivity index (χ0) is 7.44. The van der Waals surface area contributed by atoms with Crippen molar-refractivity contribution in [3.8, 4) is 0 Å². The summed E-state index contributed by atoms with van der Waals surface area (Å²) in [6, 6.07) is 0.0669. The van der Waals surface area contributed by atoms with Gasteiger partial charge in [-0.05, 0) is 19.0 Å². The SMILES string of the molecule is CC(C)N=[N+]([O-])C(C)C. The Morgan fingerprint density at radius 1 is 1.22 bits per heavy atom. The smallest absolute Gasteiger partial charge is 0.184 e. The van der Waals surface area contributed by atoms with Crippen LogP contribution in [0.1, 0.15) is 27.7 Å². The summed E-state index contributed by atoms with van der Waals surface area (Å²) in [6.07, 6.45) is 0. The van der Waals surface area contributed by atoms with E-state index in [0.717, 1.165) is 4.86 Å². The number of hydrogen-bond acceptors (Lipinski definition) is 2. The Morgan fingerprint density at radius 2 is 1.67 bits per heavy atom. The van der Waals surface area contributed by atoms with Crippen LogP contribution in [0.15, 0.2) is 5.11 Å². The van der Waals surface area contributed by atoms with Gasteiger partial charge in [-0.15, -0.1) is 0 Å². The lowest BCUT2D eigenvalue weighted by atomic mass is 10.4. The molecule has 0 bridgehead atoms. The van der Waals surface area contributed by atoms with Crippen molar-refractivity contribution in [1.29, 1.82) is 0 Å². The van der Waals surface area contributed by atoms with Gasteiger partial charge in [-0.25, -0.2) is 0 Å². The van der Waals surface area contributed by atoms with Crippen LogP contribution in [-0.4, -0.2) is 16.9 Å². The van der Waals surface area contributed by atoms with Crippen LogP contribution < -0.4 is 0 Å². The highest BCUT2D eigenvalue weighted by molar-refractivity contribution is 4.40. The van der Waals surface area contributed by atoms with Crippen molar-refractivity contribution in [3.05, 3.63) is 5.21 Å². The van der Waals surface area contributed by atoms with Gasteiger partial charge in [0.2, 0.25) is 0 Å². The van der Waals surface area contributed by atoms with Gasteiger partial charge in [0, 0.05) is 13.8 Å². The maximum atomic E-state index is 10.7. The van der Waals surface area contributed by atoms with E-state index >= 15 is 0 Å². The van der Waals surface area contributed by atoms with E-state index < -0.39 is 0 Å². The third kappa shape index (κ3) is 3.94. The van der Waals surface area contributed by atoms with E-state index in [4.69, 9.17) is 0 Å². The predicted molar refractivity (Wildman–Crippen MR) is 36.3 cm³/mol. The van der Waals surface area contributed by atoms with Crippen molar-refractivity contribution in [2.24, 2.45) is 5.11 Å². The first kappa shape index (κ1) is 8.40. The van der Waals surface area contributed by atoms with Crippen molar-refractivity contribution < 1.29 is 4.86 Å². The molecule has 0 rings (SSSR count). The van der Waals surface area contributed by atoms with E-state index in [-0.39, 0.29) is 12.1 Å². The fraction of sp³-hybridized carbons (Fsp3) is 1.00. The average Bonchev–Trinajstić information content (AvgIpc) is 1.63. The molecule has 0 atom stereocenters. The molecule has 54 valence electrons. The second-order valence-electron chi connectivity index (χ2n) is 2.61. The third-order valence-corrected chi connectivity index (χ3v) is 0.787. The monoisotopic (exact) mass is 130 g/mol. The average molecular weight is 130 g/mol. The van der Waals surface area contributed by atoms with Crippen LogP contribution in [0.4, 0.5) is 0 Å². The minimum absolute atomic E-state index is 0.0348. The van der Waals surface area contributed by atoms with Crippen molar-refractivity contribution in [3.63, 3.8) is 0 Å². The molecular weight excluding hydrogens is 116 g/mol. The Kier molecular flexibility index (Phi) is 3.20. The fourth-order valence-electron chi connectivity index (χ4n) is 0.361. The van der Waals surface area contributed by atoms with Crippen LogP contribution in [0, 0.1) is 5.21 Å². The number of hydrogen-bond donors (Lipinski definition) is 0. The zero-order valence-corrected chi connectivity index (χ0v) is 6.46. The first-order chi connectivity index (χ1) is 4.04. The quantitative estimate of drug-likeness (QED) is 0.319. The Balaban J connectivity index is 3.84. The molecule has 0 amide bonds. The molecule has 0 aromatic carbocycles. The first-order valence-electron chi connectivity index (χ1n) is 3.21. The molecule has 0 saturated heterocycles. The number of azo groups is 1. The van der Waals surface area contributed by atoms with Gasteiger partial charge in [0.1, 0.15) is 6.04 Å². The Morgan fingerprint density at radius 3 is 1.78 bits per heavy atom. The molecule has 0 radical (unpaired) electrons. The van der Waals surface area contributed by atoms with Crippen molar-refractivity contribution in [1.82, 2.24) is 0 Å². The maximum absolute atomic E-state index is 10.7. The molecule has 9 heavy (non-hydrogen) atoms. The third-order valence-electron chi connectivity index (χ3n) is 0.787. The second-order valence-corrected chi connectivity index (χ2v) is 2.61. The van der Waals surface area contributed by atoms with Gasteiger partial charge in [-0.2, -0.15) is 0 Å². The van der Waals surface area contributed by atoms with E-state index in [2.05, 4.69) is 5.11 Å². The summed E-state index contributed by atoms with van der Waals surface area (Å²) >= 11 is 0. The molecule has 0 heterocycles. The first-order valence-corrected chi connectivity index (χ1v) is 3.21.